The quantitative estimate of drug-likeness (QED) is 0.255. The third-order valence-electron chi connectivity index (χ3n) is 5.25. The molecule has 2 N–H and O–H groups in total. The molecule has 0 radical (unpaired) electrons. The van der Waals surface area contributed by atoms with Crippen LogP contribution in [0.25, 0.3) is 32.7 Å². The standard InChI is InChI=1S/C26H26O6/c1-3-29-15-31-23-13-21(25(27)19-11-7-5-9-17(19)23)22-14-24(32-16-30-4-2)18-10-6-8-12-20(18)26(22)28/h5-14,27-28H,3-4,15-16H2,1-2H3. The molecule has 0 fully saturated rings. The first-order valence-electron chi connectivity index (χ1n) is 10.6. The van der Waals surface area contributed by atoms with Crippen molar-refractivity contribution in [3.05, 3.63) is 60.7 Å². The van der Waals surface area contributed by atoms with Gasteiger partial charge in [0.25, 0.3) is 0 Å². The minimum absolute atomic E-state index is 0.0469. The molecule has 0 aromatic heterocycles. The van der Waals surface area contributed by atoms with Crippen LogP contribution >= 0.6 is 0 Å². The van der Waals surface area contributed by atoms with Gasteiger partial charge >= 0.3 is 0 Å². The molecule has 0 aliphatic carbocycles. The summed E-state index contributed by atoms with van der Waals surface area (Å²) < 4.78 is 22.4. The van der Waals surface area contributed by atoms with E-state index in [0.717, 1.165) is 10.8 Å². The highest BCUT2D eigenvalue weighted by atomic mass is 16.7. The van der Waals surface area contributed by atoms with Gasteiger partial charge in [0.1, 0.15) is 23.0 Å². The number of ether oxygens (including phenoxy) is 4. The van der Waals surface area contributed by atoms with Crippen molar-refractivity contribution in [2.24, 2.45) is 0 Å². The van der Waals surface area contributed by atoms with Crippen LogP contribution in [0.4, 0.5) is 0 Å². The number of fused-ring (bicyclic) bond motifs is 2. The van der Waals surface area contributed by atoms with Gasteiger partial charge in [-0.1, -0.05) is 48.5 Å². The summed E-state index contributed by atoms with van der Waals surface area (Å²) in [4.78, 5) is 0. The fourth-order valence-corrected chi connectivity index (χ4v) is 3.68. The van der Waals surface area contributed by atoms with E-state index >= 15 is 0 Å². The van der Waals surface area contributed by atoms with Crippen LogP contribution in [0.5, 0.6) is 23.0 Å². The van der Waals surface area contributed by atoms with Gasteiger partial charge in [-0.15, -0.1) is 0 Å². The molecular formula is C26H26O6. The first kappa shape index (κ1) is 21.7. The number of hydrogen-bond acceptors (Lipinski definition) is 6. The molecule has 6 nitrogen and oxygen atoms in total. The maximum absolute atomic E-state index is 11.1. The molecule has 0 bridgehead atoms. The van der Waals surface area contributed by atoms with E-state index in [1.54, 1.807) is 12.1 Å². The zero-order chi connectivity index (χ0) is 22.5. The smallest absolute Gasteiger partial charge is 0.189 e. The van der Waals surface area contributed by atoms with Crippen LogP contribution in [0.1, 0.15) is 13.8 Å². The summed E-state index contributed by atoms with van der Waals surface area (Å²) in [6, 6.07) is 18.2. The first-order valence-corrected chi connectivity index (χ1v) is 10.6. The molecular weight excluding hydrogens is 408 g/mol. The average molecular weight is 434 g/mol. The predicted molar refractivity (Wildman–Crippen MR) is 124 cm³/mol. The Morgan fingerprint density at radius 2 is 0.969 bits per heavy atom. The summed E-state index contributed by atoms with van der Waals surface area (Å²) in [7, 11) is 0. The van der Waals surface area contributed by atoms with E-state index in [4.69, 9.17) is 18.9 Å². The second-order valence-corrected chi connectivity index (χ2v) is 7.14. The Hall–Kier alpha value is -3.48. The zero-order valence-corrected chi connectivity index (χ0v) is 18.1. The maximum Gasteiger partial charge on any atom is 0.189 e. The number of benzene rings is 4. The van der Waals surface area contributed by atoms with Crippen LogP contribution in [0, 0.1) is 0 Å². The number of aromatic hydroxyl groups is 2. The highest BCUT2D eigenvalue weighted by Gasteiger charge is 2.20. The largest absolute Gasteiger partial charge is 0.507 e. The monoisotopic (exact) mass is 434 g/mol. The van der Waals surface area contributed by atoms with E-state index in [1.807, 2.05) is 62.4 Å². The Bertz CT molecular complexity index is 1140. The van der Waals surface area contributed by atoms with Gasteiger partial charge in [-0.3, -0.25) is 0 Å². The molecule has 166 valence electrons. The van der Waals surface area contributed by atoms with Crippen LogP contribution in [-0.4, -0.2) is 37.0 Å². The lowest BCUT2D eigenvalue weighted by molar-refractivity contribution is 0.0230. The molecule has 0 unspecified atom stereocenters. The second kappa shape index (κ2) is 9.77. The van der Waals surface area contributed by atoms with E-state index in [2.05, 4.69) is 0 Å². The molecule has 32 heavy (non-hydrogen) atoms. The zero-order valence-electron chi connectivity index (χ0n) is 18.1. The molecule has 4 rings (SSSR count). The number of phenolic OH excluding ortho intramolecular Hbond substituents is 2. The molecule has 0 aliphatic rings. The maximum atomic E-state index is 11.1. The van der Waals surface area contributed by atoms with Crippen molar-refractivity contribution in [1.29, 1.82) is 0 Å². The Kier molecular flexibility index (Phi) is 6.63. The topological polar surface area (TPSA) is 77.4 Å². The van der Waals surface area contributed by atoms with Crippen molar-refractivity contribution in [1.82, 2.24) is 0 Å². The summed E-state index contributed by atoms with van der Waals surface area (Å²) in [6.45, 7) is 4.99. The molecule has 4 aromatic rings. The normalized spacial score (nSPS) is 11.2. The summed E-state index contributed by atoms with van der Waals surface area (Å²) in [5.41, 5.74) is 0.861. The summed E-state index contributed by atoms with van der Waals surface area (Å²) >= 11 is 0. The lowest BCUT2D eigenvalue weighted by Gasteiger charge is -2.17. The van der Waals surface area contributed by atoms with Crippen molar-refractivity contribution in [3.63, 3.8) is 0 Å². The van der Waals surface area contributed by atoms with E-state index in [0.29, 0.717) is 46.6 Å². The molecule has 0 amide bonds. The Balaban J connectivity index is 1.92. The van der Waals surface area contributed by atoms with Crippen LogP contribution in [0.2, 0.25) is 0 Å². The molecule has 0 saturated heterocycles. The Morgan fingerprint density at radius 1 is 0.594 bits per heavy atom. The summed E-state index contributed by atoms with van der Waals surface area (Å²) in [6.07, 6.45) is 0. The van der Waals surface area contributed by atoms with Gasteiger partial charge in [0.05, 0.1) is 0 Å². The molecule has 6 heteroatoms. The van der Waals surface area contributed by atoms with Gasteiger partial charge in [-0.05, 0) is 26.0 Å². The predicted octanol–water partition coefficient (Wildman–Crippen LogP) is 5.82. The summed E-state index contributed by atoms with van der Waals surface area (Å²) in [5, 5.41) is 25.0. The van der Waals surface area contributed by atoms with Crippen LogP contribution in [0.3, 0.4) is 0 Å². The Morgan fingerprint density at radius 3 is 1.34 bits per heavy atom. The number of phenols is 2. The minimum Gasteiger partial charge on any atom is -0.507 e. The van der Waals surface area contributed by atoms with E-state index in [9.17, 15) is 10.2 Å². The van der Waals surface area contributed by atoms with Gasteiger partial charge in [-0.2, -0.15) is 0 Å². The van der Waals surface area contributed by atoms with Crippen molar-refractivity contribution >= 4 is 21.5 Å². The third-order valence-corrected chi connectivity index (χ3v) is 5.25. The Labute approximate surface area is 186 Å². The van der Waals surface area contributed by atoms with Gasteiger partial charge < -0.3 is 29.2 Å². The minimum atomic E-state index is 0.0469. The lowest BCUT2D eigenvalue weighted by Crippen LogP contribution is -2.03. The number of rotatable bonds is 9. The summed E-state index contributed by atoms with van der Waals surface area (Å²) in [5.74, 6) is 1.19. The van der Waals surface area contributed by atoms with Crippen LogP contribution in [-0.2, 0) is 9.47 Å². The van der Waals surface area contributed by atoms with Crippen molar-refractivity contribution < 1.29 is 29.2 Å². The van der Waals surface area contributed by atoms with Crippen molar-refractivity contribution in [2.45, 2.75) is 13.8 Å². The van der Waals surface area contributed by atoms with E-state index in [1.165, 1.54) is 0 Å². The molecule has 0 atom stereocenters. The third kappa shape index (κ3) is 4.15. The highest BCUT2D eigenvalue weighted by Crippen LogP contribution is 2.48. The number of hydrogen-bond donors (Lipinski definition) is 2. The van der Waals surface area contributed by atoms with Gasteiger partial charge in [0.2, 0.25) is 0 Å². The van der Waals surface area contributed by atoms with Gasteiger partial charge in [0, 0.05) is 45.9 Å². The fraction of sp³-hybridized carbons (Fsp3) is 0.231. The molecule has 0 saturated carbocycles. The van der Waals surface area contributed by atoms with Gasteiger partial charge in [0.15, 0.2) is 13.6 Å². The molecule has 0 spiro atoms. The van der Waals surface area contributed by atoms with E-state index < -0.39 is 0 Å². The van der Waals surface area contributed by atoms with Crippen molar-refractivity contribution in [2.75, 3.05) is 26.8 Å². The first-order chi connectivity index (χ1) is 15.7. The van der Waals surface area contributed by atoms with E-state index in [-0.39, 0.29) is 25.1 Å². The second-order valence-electron chi connectivity index (χ2n) is 7.14. The van der Waals surface area contributed by atoms with Crippen molar-refractivity contribution in [3.8, 4) is 34.1 Å². The van der Waals surface area contributed by atoms with Crippen LogP contribution < -0.4 is 9.47 Å². The lowest BCUT2D eigenvalue weighted by atomic mass is 9.95. The average Bonchev–Trinajstić information content (AvgIpc) is 2.83. The fourth-order valence-electron chi connectivity index (χ4n) is 3.68. The molecule has 0 aliphatic heterocycles. The molecule has 0 heterocycles. The van der Waals surface area contributed by atoms with Gasteiger partial charge in [-0.25, -0.2) is 0 Å². The SMILES string of the molecule is CCOCOc1cc(-c2cc(OCOCC)c3ccccc3c2O)c(O)c2ccccc12. The molecule has 4 aromatic carbocycles. The van der Waals surface area contributed by atoms with Crippen LogP contribution in [0.15, 0.2) is 60.7 Å². The highest BCUT2D eigenvalue weighted by molar-refractivity contribution is 6.04.